The summed E-state index contributed by atoms with van der Waals surface area (Å²) in [6.45, 7) is 7.34. The van der Waals surface area contributed by atoms with E-state index in [0.29, 0.717) is 5.56 Å². The van der Waals surface area contributed by atoms with Crippen molar-refractivity contribution in [2.24, 2.45) is 0 Å². The van der Waals surface area contributed by atoms with E-state index in [2.05, 4.69) is 39.3 Å². The minimum Gasteiger partial charge on any atom is -0.465 e. The van der Waals surface area contributed by atoms with E-state index in [0.717, 1.165) is 45.3 Å². The molecule has 2 aromatic heterocycles. The molecule has 1 aliphatic rings. The van der Waals surface area contributed by atoms with Gasteiger partial charge >= 0.3 is 5.97 Å². The number of rotatable bonds is 7. The molecule has 0 saturated heterocycles. The molecule has 1 N–H and O–H groups in total. The van der Waals surface area contributed by atoms with E-state index in [1.54, 1.807) is 0 Å². The molecule has 3 aromatic rings. The molecule has 1 atom stereocenters. The topological polar surface area (TPSA) is 61.1 Å². The molecule has 154 valence electrons. The molecule has 0 spiro atoms. The van der Waals surface area contributed by atoms with Crippen LogP contribution in [0.4, 0.5) is 0 Å². The molecule has 0 bridgehead atoms. The number of hydrogen-bond donors (Lipinski definition) is 1. The molecule has 1 unspecified atom stereocenters. The average molecular weight is 395 g/mol. The fourth-order valence-corrected chi connectivity index (χ4v) is 4.74. The van der Waals surface area contributed by atoms with Crippen molar-refractivity contribution in [1.29, 1.82) is 0 Å². The van der Waals surface area contributed by atoms with Crippen LogP contribution in [0.2, 0.25) is 0 Å². The quantitative estimate of drug-likeness (QED) is 0.623. The Labute approximate surface area is 171 Å². The zero-order valence-corrected chi connectivity index (χ0v) is 17.6. The number of esters is 1. The van der Waals surface area contributed by atoms with E-state index in [-0.39, 0.29) is 11.5 Å². The number of imidazole rings is 1. The lowest BCUT2D eigenvalue weighted by Gasteiger charge is -2.35. The molecule has 2 heterocycles. The maximum atomic E-state index is 12.1. The summed E-state index contributed by atoms with van der Waals surface area (Å²) in [5.41, 5.74) is 4.73. The highest BCUT2D eigenvalue weighted by molar-refractivity contribution is 5.96. The van der Waals surface area contributed by atoms with Gasteiger partial charge in [0.05, 0.1) is 19.0 Å². The van der Waals surface area contributed by atoms with Gasteiger partial charge < -0.3 is 19.2 Å². The minimum atomic E-state index is -0.279. The van der Waals surface area contributed by atoms with E-state index in [1.807, 2.05) is 30.9 Å². The number of nitrogens with one attached hydrogen (secondary N) is 1. The summed E-state index contributed by atoms with van der Waals surface area (Å²) in [5, 5.41) is 4.86. The zero-order chi connectivity index (χ0) is 20.4. The number of aromatic nitrogens is 3. The third kappa shape index (κ3) is 3.81. The highest BCUT2D eigenvalue weighted by Crippen LogP contribution is 2.37. The summed E-state index contributed by atoms with van der Waals surface area (Å²) in [4.78, 5) is 16.2. The second-order valence-corrected chi connectivity index (χ2v) is 8.22. The lowest BCUT2D eigenvalue weighted by Crippen LogP contribution is -2.46. The Kier molecular flexibility index (Phi) is 5.46. The first kappa shape index (κ1) is 19.7. The fraction of sp³-hybridized carbons (Fsp3) is 0.478. The van der Waals surface area contributed by atoms with Crippen LogP contribution in [-0.4, -0.2) is 39.3 Å². The van der Waals surface area contributed by atoms with Crippen LogP contribution in [-0.2, 0) is 30.7 Å². The van der Waals surface area contributed by atoms with Crippen molar-refractivity contribution in [2.45, 2.75) is 58.2 Å². The van der Waals surface area contributed by atoms with Gasteiger partial charge in [-0.2, -0.15) is 0 Å². The van der Waals surface area contributed by atoms with Crippen molar-refractivity contribution in [3.05, 3.63) is 53.7 Å². The Morgan fingerprint density at radius 1 is 1.34 bits per heavy atom. The molecule has 6 heteroatoms. The summed E-state index contributed by atoms with van der Waals surface area (Å²) in [6, 6.07) is 5.99. The number of carbonyl (C=O) groups is 1. The predicted octanol–water partition coefficient (Wildman–Crippen LogP) is 3.57. The first-order chi connectivity index (χ1) is 14.0. The van der Waals surface area contributed by atoms with Gasteiger partial charge in [0, 0.05) is 47.6 Å². The SMILES string of the molecule is CCNC1(C)CCc2c(c3cc(C(=O)OC)ccc3n2CCCn2ccnc2)C1. The van der Waals surface area contributed by atoms with E-state index >= 15 is 0 Å². The zero-order valence-electron chi connectivity index (χ0n) is 17.6. The number of fused-ring (bicyclic) bond motifs is 3. The number of aryl methyl sites for hydroxylation is 2. The summed E-state index contributed by atoms with van der Waals surface area (Å²) < 4.78 is 9.54. The number of methoxy groups -OCH3 is 1. The molecule has 0 saturated carbocycles. The van der Waals surface area contributed by atoms with Gasteiger partial charge in [-0.1, -0.05) is 6.92 Å². The Bertz CT molecular complexity index is 1010. The molecule has 4 rings (SSSR count). The van der Waals surface area contributed by atoms with Crippen LogP contribution in [0.25, 0.3) is 10.9 Å². The maximum absolute atomic E-state index is 12.1. The van der Waals surface area contributed by atoms with Gasteiger partial charge in [0.1, 0.15) is 0 Å². The van der Waals surface area contributed by atoms with Crippen LogP contribution in [0.15, 0.2) is 36.9 Å². The third-order valence-corrected chi connectivity index (χ3v) is 6.15. The molecule has 1 aromatic carbocycles. The van der Waals surface area contributed by atoms with Crippen molar-refractivity contribution >= 4 is 16.9 Å². The normalized spacial score (nSPS) is 18.7. The number of nitrogens with zero attached hydrogens (tertiary/aromatic N) is 3. The largest absolute Gasteiger partial charge is 0.465 e. The number of likely N-dealkylation sites (N-methyl/N-ethyl adjacent to an activating group) is 1. The van der Waals surface area contributed by atoms with Crippen LogP contribution in [0, 0.1) is 0 Å². The second-order valence-electron chi connectivity index (χ2n) is 8.22. The highest BCUT2D eigenvalue weighted by Gasteiger charge is 2.33. The molecular formula is C23H30N4O2. The molecule has 1 aliphatic carbocycles. The van der Waals surface area contributed by atoms with Crippen molar-refractivity contribution in [3.8, 4) is 0 Å². The highest BCUT2D eigenvalue weighted by atomic mass is 16.5. The first-order valence-electron chi connectivity index (χ1n) is 10.5. The summed E-state index contributed by atoms with van der Waals surface area (Å²) >= 11 is 0. The number of ether oxygens (including phenoxy) is 1. The molecule has 0 fully saturated rings. The fourth-order valence-electron chi connectivity index (χ4n) is 4.74. The van der Waals surface area contributed by atoms with Crippen LogP contribution < -0.4 is 5.32 Å². The van der Waals surface area contributed by atoms with Gasteiger partial charge in [0.15, 0.2) is 0 Å². The summed E-state index contributed by atoms with van der Waals surface area (Å²) in [7, 11) is 1.44. The van der Waals surface area contributed by atoms with Crippen molar-refractivity contribution in [1.82, 2.24) is 19.4 Å². The van der Waals surface area contributed by atoms with Gasteiger partial charge in [0.25, 0.3) is 0 Å². The van der Waals surface area contributed by atoms with Crippen molar-refractivity contribution in [2.75, 3.05) is 13.7 Å². The van der Waals surface area contributed by atoms with E-state index in [9.17, 15) is 4.79 Å². The molecule has 6 nitrogen and oxygen atoms in total. The van der Waals surface area contributed by atoms with Crippen LogP contribution in [0.5, 0.6) is 0 Å². The van der Waals surface area contributed by atoms with Gasteiger partial charge in [-0.25, -0.2) is 9.78 Å². The Hall–Kier alpha value is -2.60. The lowest BCUT2D eigenvalue weighted by atomic mass is 9.81. The number of benzene rings is 1. The summed E-state index contributed by atoms with van der Waals surface area (Å²) in [5.74, 6) is -0.279. The van der Waals surface area contributed by atoms with E-state index < -0.39 is 0 Å². The van der Waals surface area contributed by atoms with Crippen molar-refractivity contribution in [3.63, 3.8) is 0 Å². The molecule has 0 radical (unpaired) electrons. The Balaban J connectivity index is 1.71. The minimum absolute atomic E-state index is 0.0962. The van der Waals surface area contributed by atoms with Crippen LogP contribution in [0.1, 0.15) is 48.3 Å². The molecule has 0 amide bonds. The van der Waals surface area contributed by atoms with Crippen molar-refractivity contribution < 1.29 is 9.53 Å². The number of hydrogen-bond acceptors (Lipinski definition) is 4. The Morgan fingerprint density at radius 2 is 2.21 bits per heavy atom. The summed E-state index contributed by atoms with van der Waals surface area (Å²) in [6.07, 6.45) is 9.88. The predicted molar refractivity (Wildman–Crippen MR) is 114 cm³/mol. The Morgan fingerprint density at radius 3 is 2.93 bits per heavy atom. The smallest absolute Gasteiger partial charge is 0.337 e. The third-order valence-electron chi connectivity index (χ3n) is 6.15. The van der Waals surface area contributed by atoms with Gasteiger partial charge in [-0.15, -0.1) is 0 Å². The van der Waals surface area contributed by atoms with Gasteiger partial charge in [-0.3, -0.25) is 0 Å². The second kappa shape index (κ2) is 8.03. The maximum Gasteiger partial charge on any atom is 0.337 e. The monoisotopic (exact) mass is 394 g/mol. The van der Waals surface area contributed by atoms with Crippen LogP contribution in [0.3, 0.4) is 0 Å². The standard InChI is InChI=1S/C23H30N4O2/c1-4-25-23(2)9-8-21-19(15-23)18-14-17(22(28)29-3)6-7-20(18)27(21)12-5-11-26-13-10-24-16-26/h6-7,10,13-14,16,25H,4-5,8-9,11-12,15H2,1-3H3. The first-order valence-corrected chi connectivity index (χ1v) is 10.5. The molecule has 29 heavy (non-hydrogen) atoms. The molecule has 0 aliphatic heterocycles. The molecular weight excluding hydrogens is 364 g/mol. The average Bonchev–Trinajstić information content (AvgIpc) is 3.34. The van der Waals surface area contributed by atoms with E-state index in [4.69, 9.17) is 4.74 Å². The lowest BCUT2D eigenvalue weighted by molar-refractivity contribution is 0.0601. The van der Waals surface area contributed by atoms with E-state index in [1.165, 1.54) is 29.3 Å². The van der Waals surface area contributed by atoms with Crippen LogP contribution >= 0.6 is 0 Å². The van der Waals surface area contributed by atoms with Gasteiger partial charge in [0.2, 0.25) is 0 Å². The number of carbonyl (C=O) groups excluding carboxylic acids is 1. The van der Waals surface area contributed by atoms with Gasteiger partial charge in [-0.05, 0) is 62.9 Å².